The summed E-state index contributed by atoms with van der Waals surface area (Å²) in [6.45, 7) is 9.57. The first-order valence-corrected chi connectivity index (χ1v) is 9.04. The molecular weight excluding hydrogens is 280 g/mol. The Hall–Kier alpha value is -0.420. The van der Waals surface area contributed by atoms with Crippen molar-refractivity contribution in [3.8, 4) is 0 Å². The van der Waals surface area contributed by atoms with E-state index in [2.05, 4.69) is 48.6 Å². The summed E-state index contributed by atoms with van der Waals surface area (Å²) < 4.78 is 5.80. The van der Waals surface area contributed by atoms with Crippen molar-refractivity contribution in [3.63, 3.8) is 0 Å². The quantitative estimate of drug-likeness (QED) is 0.799. The molecule has 0 aromatic carbocycles. The van der Waals surface area contributed by atoms with Crippen LogP contribution in [0.1, 0.15) is 31.6 Å². The molecule has 1 saturated heterocycles. The zero-order chi connectivity index (χ0) is 15.1. The maximum atomic E-state index is 5.80. The maximum Gasteiger partial charge on any atom is 0.0546 e. The third-order valence-corrected chi connectivity index (χ3v) is 5.47. The van der Waals surface area contributed by atoms with E-state index in [0.29, 0.717) is 6.04 Å². The highest BCUT2D eigenvalue weighted by Crippen LogP contribution is 2.30. The molecule has 2 rings (SSSR count). The molecule has 1 N–H and O–H groups in total. The van der Waals surface area contributed by atoms with Gasteiger partial charge in [-0.15, -0.1) is 11.3 Å². The number of hydrogen-bond donors (Lipinski definition) is 1. The molecule has 1 fully saturated rings. The van der Waals surface area contributed by atoms with Gasteiger partial charge in [0.25, 0.3) is 0 Å². The lowest BCUT2D eigenvalue weighted by Crippen LogP contribution is -2.50. The van der Waals surface area contributed by atoms with Crippen LogP contribution in [0.15, 0.2) is 17.5 Å². The Kier molecular flexibility index (Phi) is 6.68. The standard InChI is InChI=1S/C17H30N2OS/c1-4-18-12-17(8-6-9-20-14-17)13-19(3)15(2)11-16-7-5-10-21-16/h5,7,10,15,18H,4,6,8-9,11-14H2,1-3H3. The number of nitrogens with zero attached hydrogens (tertiary/aromatic N) is 1. The lowest BCUT2D eigenvalue weighted by molar-refractivity contribution is -0.0270. The number of likely N-dealkylation sites (N-methyl/N-ethyl adjacent to an activating group) is 1. The number of hydrogen-bond acceptors (Lipinski definition) is 4. The van der Waals surface area contributed by atoms with Crippen LogP contribution in [-0.2, 0) is 11.2 Å². The van der Waals surface area contributed by atoms with Gasteiger partial charge in [0, 0.05) is 36.0 Å². The van der Waals surface area contributed by atoms with Crippen LogP contribution >= 0.6 is 11.3 Å². The van der Waals surface area contributed by atoms with E-state index in [1.165, 1.54) is 17.7 Å². The molecule has 0 spiro atoms. The van der Waals surface area contributed by atoms with E-state index < -0.39 is 0 Å². The van der Waals surface area contributed by atoms with Gasteiger partial charge in [0.05, 0.1) is 6.61 Å². The summed E-state index contributed by atoms with van der Waals surface area (Å²) in [6, 6.07) is 4.96. The van der Waals surface area contributed by atoms with Crippen molar-refractivity contribution in [1.29, 1.82) is 0 Å². The van der Waals surface area contributed by atoms with E-state index in [-0.39, 0.29) is 5.41 Å². The Morgan fingerprint density at radius 3 is 3.00 bits per heavy atom. The smallest absolute Gasteiger partial charge is 0.0546 e. The first-order valence-electron chi connectivity index (χ1n) is 8.16. The monoisotopic (exact) mass is 310 g/mol. The predicted molar refractivity (Wildman–Crippen MR) is 91.1 cm³/mol. The highest BCUT2D eigenvalue weighted by atomic mass is 32.1. The molecule has 2 atom stereocenters. The summed E-state index contributed by atoms with van der Waals surface area (Å²) in [5, 5.41) is 5.71. The molecule has 0 radical (unpaired) electrons. The number of rotatable bonds is 8. The van der Waals surface area contributed by atoms with Gasteiger partial charge in [0.1, 0.15) is 0 Å². The average Bonchev–Trinajstić information content (AvgIpc) is 2.99. The predicted octanol–water partition coefficient (Wildman–Crippen LogP) is 3.02. The Labute approximate surface area is 133 Å². The largest absolute Gasteiger partial charge is 0.381 e. The molecular formula is C17H30N2OS. The van der Waals surface area contributed by atoms with E-state index >= 15 is 0 Å². The maximum absolute atomic E-state index is 5.80. The normalized spacial score (nSPS) is 24.4. The summed E-state index contributed by atoms with van der Waals surface area (Å²) >= 11 is 1.86. The molecule has 1 aliphatic heterocycles. The van der Waals surface area contributed by atoms with Crippen molar-refractivity contribution < 1.29 is 4.74 Å². The Morgan fingerprint density at radius 2 is 2.38 bits per heavy atom. The van der Waals surface area contributed by atoms with E-state index in [4.69, 9.17) is 4.74 Å². The fraction of sp³-hybridized carbons (Fsp3) is 0.765. The minimum absolute atomic E-state index is 0.284. The van der Waals surface area contributed by atoms with Gasteiger partial charge in [0.2, 0.25) is 0 Å². The molecule has 120 valence electrons. The van der Waals surface area contributed by atoms with Crippen molar-refractivity contribution in [2.75, 3.05) is 39.9 Å². The van der Waals surface area contributed by atoms with Crippen molar-refractivity contribution in [2.45, 2.75) is 39.2 Å². The van der Waals surface area contributed by atoms with Crippen molar-refractivity contribution in [1.82, 2.24) is 10.2 Å². The summed E-state index contributed by atoms with van der Waals surface area (Å²) in [4.78, 5) is 4.00. The van der Waals surface area contributed by atoms with Crippen LogP contribution in [0.25, 0.3) is 0 Å². The molecule has 2 unspecified atom stereocenters. The molecule has 4 heteroatoms. The first-order chi connectivity index (χ1) is 10.2. The van der Waals surface area contributed by atoms with Gasteiger partial charge in [-0.2, -0.15) is 0 Å². The van der Waals surface area contributed by atoms with Crippen LogP contribution in [-0.4, -0.2) is 50.8 Å². The SMILES string of the molecule is CCNCC1(CN(C)C(C)Cc2cccs2)CCCOC1. The van der Waals surface area contributed by atoms with Crippen LogP contribution in [0.4, 0.5) is 0 Å². The van der Waals surface area contributed by atoms with Gasteiger partial charge in [0.15, 0.2) is 0 Å². The van der Waals surface area contributed by atoms with Crippen molar-refractivity contribution in [3.05, 3.63) is 22.4 Å². The minimum atomic E-state index is 0.284. The molecule has 0 bridgehead atoms. The number of thiophene rings is 1. The molecule has 1 aromatic rings. The second kappa shape index (κ2) is 8.28. The molecule has 21 heavy (non-hydrogen) atoms. The van der Waals surface area contributed by atoms with Gasteiger partial charge in [-0.1, -0.05) is 13.0 Å². The molecule has 0 aliphatic carbocycles. The van der Waals surface area contributed by atoms with Gasteiger partial charge in [-0.25, -0.2) is 0 Å². The third-order valence-electron chi connectivity index (χ3n) is 4.57. The van der Waals surface area contributed by atoms with Crippen LogP contribution in [0.2, 0.25) is 0 Å². The third kappa shape index (κ3) is 5.06. The van der Waals surface area contributed by atoms with Crippen LogP contribution in [0.3, 0.4) is 0 Å². The fourth-order valence-electron chi connectivity index (χ4n) is 3.18. The second-order valence-electron chi connectivity index (χ2n) is 6.48. The van der Waals surface area contributed by atoms with Crippen LogP contribution in [0.5, 0.6) is 0 Å². The van der Waals surface area contributed by atoms with Crippen molar-refractivity contribution in [2.24, 2.45) is 5.41 Å². The summed E-state index contributed by atoms with van der Waals surface area (Å²) in [6.07, 6.45) is 3.61. The molecule has 2 heterocycles. The van der Waals surface area contributed by atoms with Gasteiger partial charge < -0.3 is 15.0 Å². The molecule has 1 aromatic heterocycles. The van der Waals surface area contributed by atoms with E-state index in [1.807, 2.05) is 11.3 Å². The number of ether oxygens (including phenoxy) is 1. The molecule has 3 nitrogen and oxygen atoms in total. The summed E-state index contributed by atoms with van der Waals surface area (Å²) in [7, 11) is 2.26. The number of nitrogens with one attached hydrogen (secondary N) is 1. The van der Waals surface area contributed by atoms with E-state index in [0.717, 1.165) is 39.3 Å². The Morgan fingerprint density at radius 1 is 1.52 bits per heavy atom. The minimum Gasteiger partial charge on any atom is -0.381 e. The van der Waals surface area contributed by atoms with E-state index in [9.17, 15) is 0 Å². The van der Waals surface area contributed by atoms with Crippen molar-refractivity contribution >= 4 is 11.3 Å². The van der Waals surface area contributed by atoms with Gasteiger partial charge >= 0.3 is 0 Å². The fourth-order valence-corrected chi connectivity index (χ4v) is 4.01. The first kappa shape index (κ1) is 16.9. The molecule has 0 saturated carbocycles. The highest BCUT2D eigenvalue weighted by Gasteiger charge is 2.34. The topological polar surface area (TPSA) is 24.5 Å². The van der Waals surface area contributed by atoms with E-state index in [1.54, 1.807) is 0 Å². The summed E-state index contributed by atoms with van der Waals surface area (Å²) in [5.41, 5.74) is 0.284. The Bertz CT molecular complexity index is 388. The van der Waals surface area contributed by atoms with Crippen LogP contribution in [0, 0.1) is 5.41 Å². The van der Waals surface area contributed by atoms with Gasteiger partial charge in [-0.3, -0.25) is 0 Å². The second-order valence-corrected chi connectivity index (χ2v) is 7.52. The molecule has 0 amide bonds. The Balaban J connectivity index is 1.91. The zero-order valence-electron chi connectivity index (χ0n) is 13.7. The molecule has 1 aliphatic rings. The highest BCUT2D eigenvalue weighted by molar-refractivity contribution is 7.09. The summed E-state index contributed by atoms with van der Waals surface area (Å²) in [5.74, 6) is 0. The lowest BCUT2D eigenvalue weighted by Gasteiger charge is -2.41. The van der Waals surface area contributed by atoms with Gasteiger partial charge in [-0.05, 0) is 51.2 Å². The van der Waals surface area contributed by atoms with Crippen LogP contribution < -0.4 is 5.32 Å². The lowest BCUT2D eigenvalue weighted by atomic mass is 9.81. The zero-order valence-corrected chi connectivity index (χ0v) is 14.5. The average molecular weight is 311 g/mol.